The lowest BCUT2D eigenvalue weighted by atomic mass is 10.0. The van der Waals surface area contributed by atoms with Gasteiger partial charge in [0.15, 0.2) is 0 Å². The predicted octanol–water partition coefficient (Wildman–Crippen LogP) is 4.61. The fourth-order valence-electron chi connectivity index (χ4n) is 3.96. The van der Waals surface area contributed by atoms with Crippen molar-refractivity contribution in [2.45, 2.75) is 24.7 Å². The van der Waals surface area contributed by atoms with E-state index in [4.69, 9.17) is 0 Å². The molecule has 1 unspecified atom stereocenters. The summed E-state index contributed by atoms with van der Waals surface area (Å²) in [6, 6.07) is 21.6. The number of amides is 2. The van der Waals surface area contributed by atoms with Gasteiger partial charge in [0.2, 0.25) is 10.0 Å². The number of hydrogen-bond acceptors (Lipinski definition) is 4. The highest BCUT2D eigenvalue weighted by atomic mass is 32.2. The molecule has 3 aromatic rings. The van der Waals surface area contributed by atoms with Gasteiger partial charge in [0.25, 0.3) is 11.8 Å². The maximum Gasteiger partial charge on any atom is 0.255 e. The summed E-state index contributed by atoms with van der Waals surface area (Å²) in [7, 11) is -3.55. The summed E-state index contributed by atoms with van der Waals surface area (Å²) in [5.41, 5.74) is 1.87. The van der Waals surface area contributed by atoms with E-state index in [2.05, 4.69) is 17.6 Å². The molecule has 0 aliphatic carbocycles. The molecule has 0 aromatic heterocycles. The van der Waals surface area contributed by atoms with E-state index in [0.29, 0.717) is 41.5 Å². The Morgan fingerprint density at radius 2 is 1.47 bits per heavy atom. The quantitative estimate of drug-likeness (QED) is 0.542. The molecule has 1 aliphatic rings. The molecule has 3 aromatic carbocycles. The Labute approximate surface area is 199 Å². The average molecular weight is 478 g/mol. The van der Waals surface area contributed by atoms with Crippen LogP contribution in [0.1, 0.15) is 40.5 Å². The smallest absolute Gasteiger partial charge is 0.255 e. The van der Waals surface area contributed by atoms with Gasteiger partial charge in [-0.2, -0.15) is 4.31 Å². The summed E-state index contributed by atoms with van der Waals surface area (Å²) in [5.74, 6) is -0.287. The van der Waals surface area contributed by atoms with Gasteiger partial charge in [-0.25, -0.2) is 8.42 Å². The summed E-state index contributed by atoms with van der Waals surface area (Å²) in [4.78, 5) is 25.3. The summed E-state index contributed by atoms with van der Waals surface area (Å²) >= 11 is 0. The van der Waals surface area contributed by atoms with Crippen LogP contribution in [0.3, 0.4) is 0 Å². The second-order valence-corrected chi connectivity index (χ2v) is 10.4. The third-order valence-corrected chi connectivity index (χ3v) is 7.67. The summed E-state index contributed by atoms with van der Waals surface area (Å²) in [6.07, 6.45) is 1.90. The van der Waals surface area contributed by atoms with Gasteiger partial charge >= 0.3 is 0 Å². The summed E-state index contributed by atoms with van der Waals surface area (Å²) in [5, 5.41) is 5.56. The van der Waals surface area contributed by atoms with Crippen molar-refractivity contribution < 1.29 is 18.0 Å². The highest BCUT2D eigenvalue weighted by molar-refractivity contribution is 7.89. The van der Waals surface area contributed by atoms with Crippen LogP contribution in [0.4, 0.5) is 11.4 Å². The van der Waals surface area contributed by atoms with Crippen molar-refractivity contribution >= 4 is 33.2 Å². The molecular formula is C26H27N3O4S. The lowest BCUT2D eigenvalue weighted by Crippen LogP contribution is -2.39. The zero-order valence-electron chi connectivity index (χ0n) is 18.9. The van der Waals surface area contributed by atoms with Crippen LogP contribution >= 0.6 is 0 Å². The van der Waals surface area contributed by atoms with Crippen LogP contribution in [-0.4, -0.2) is 37.6 Å². The van der Waals surface area contributed by atoms with Gasteiger partial charge in [-0.3, -0.25) is 9.59 Å². The SMILES string of the molecule is CC1CCCN(S(=O)(=O)c2ccc(NC(=O)c3cccc(NC(=O)c4ccccc4)c3)cc2)C1. The number of anilines is 2. The normalized spacial score (nSPS) is 16.6. The largest absolute Gasteiger partial charge is 0.322 e. The average Bonchev–Trinajstić information content (AvgIpc) is 2.85. The van der Waals surface area contributed by atoms with E-state index in [1.54, 1.807) is 60.7 Å². The first-order valence-corrected chi connectivity index (χ1v) is 12.6. The molecule has 2 amide bonds. The van der Waals surface area contributed by atoms with E-state index < -0.39 is 10.0 Å². The van der Waals surface area contributed by atoms with Crippen LogP contribution in [0.15, 0.2) is 83.8 Å². The number of carbonyl (C=O) groups excluding carboxylic acids is 2. The Kier molecular flexibility index (Phi) is 7.09. The van der Waals surface area contributed by atoms with Crippen LogP contribution in [0.2, 0.25) is 0 Å². The topological polar surface area (TPSA) is 95.6 Å². The van der Waals surface area contributed by atoms with Crippen LogP contribution in [0.5, 0.6) is 0 Å². The third kappa shape index (κ3) is 5.52. The highest BCUT2D eigenvalue weighted by Gasteiger charge is 2.28. The Morgan fingerprint density at radius 3 is 2.18 bits per heavy atom. The number of rotatable bonds is 6. The van der Waals surface area contributed by atoms with Crippen LogP contribution in [0.25, 0.3) is 0 Å². The van der Waals surface area contributed by atoms with Gasteiger partial charge in [-0.15, -0.1) is 0 Å². The first-order valence-electron chi connectivity index (χ1n) is 11.2. The molecule has 34 heavy (non-hydrogen) atoms. The fourth-order valence-corrected chi connectivity index (χ4v) is 5.56. The highest BCUT2D eigenvalue weighted by Crippen LogP contribution is 2.24. The van der Waals surface area contributed by atoms with E-state index in [1.165, 1.54) is 16.4 Å². The molecule has 1 atom stereocenters. The van der Waals surface area contributed by atoms with E-state index >= 15 is 0 Å². The van der Waals surface area contributed by atoms with E-state index in [-0.39, 0.29) is 16.7 Å². The fraction of sp³-hybridized carbons (Fsp3) is 0.231. The molecule has 4 rings (SSSR count). The Hall–Kier alpha value is -3.49. The minimum absolute atomic E-state index is 0.213. The Bertz CT molecular complexity index is 1270. The second kappa shape index (κ2) is 10.2. The number of hydrogen-bond donors (Lipinski definition) is 2. The number of benzene rings is 3. The van der Waals surface area contributed by atoms with Gasteiger partial charge < -0.3 is 10.6 Å². The Morgan fingerprint density at radius 1 is 0.824 bits per heavy atom. The molecule has 1 saturated heterocycles. The lowest BCUT2D eigenvalue weighted by Gasteiger charge is -2.30. The summed E-state index contributed by atoms with van der Waals surface area (Å²) in [6.45, 7) is 3.11. The molecule has 176 valence electrons. The number of sulfonamides is 1. The predicted molar refractivity (Wildman–Crippen MR) is 132 cm³/mol. The van der Waals surface area contributed by atoms with E-state index in [1.807, 2.05) is 6.07 Å². The number of piperidine rings is 1. The zero-order chi connectivity index (χ0) is 24.1. The molecule has 0 radical (unpaired) electrons. The molecular weight excluding hydrogens is 450 g/mol. The minimum atomic E-state index is -3.55. The maximum atomic E-state index is 12.9. The molecule has 1 aliphatic heterocycles. The van der Waals surface area contributed by atoms with Crippen molar-refractivity contribution in [3.8, 4) is 0 Å². The van der Waals surface area contributed by atoms with Gasteiger partial charge in [0, 0.05) is 35.6 Å². The van der Waals surface area contributed by atoms with Crippen molar-refractivity contribution in [1.29, 1.82) is 0 Å². The maximum absolute atomic E-state index is 12.9. The first-order chi connectivity index (χ1) is 16.3. The lowest BCUT2D eigenvalue weighted by molar-refractivity contribution is 0.101. The molecule has 7 nitrogen and oxygen atoms in total. The van der Waals surface area contributed by atoms with Crippen LogP contribution in [0, 0.1) is 5.92 Å². The standard InChI is InChI=1S/C26H27N3O4S/c1-19-7-6-16-29(18-19)34(32,33)24-14-12-22(13-15-24)27-26(31)21-10-5-11-23(17-21)28-25(30)20-8-3-2-4-9-20/h2-5,8-15,17,19H,6-7,16,18H2,1H3,(H,27,31)(H,28,30). The molecule has 0 bridgehead atoms. The van der Waals surface area contributed by atoms with Gasteiger partial charge in [0.1, 0.15) is 0 Å². The number of carbonyl (C=O) groups is 2. The van der Waals surface area contributed by atoms with Crippen LogP contribution < -0.4 is 10.6 Å². The zero-order valence-corrected chi connectivity index (χ0v) is 19.7. The number of nitrogens with one attached hydrogen (secondary N) is 2. The van der Waals surface area contributed by atoms with Crippen molar-refractivity contribution in [3.63, 3.8) is 0 Å². The van der Waals surface area contributed by atoms with Gasteiger partial charge in [-0.1, -0.05) is 31.2 Å². The van der Waals surface area contributed by atoms with Gasteiger partial charge in [0.05, 0.1) is 4.90 Å². The molecule has 1 fully saturated rings. The van der Waals surface area contributed by atoms with E-state index in [0.717, 1.165) is 12.8 Å². The van der Waals surface area contributed by atoms with Crippen LogP contribution in [-0.2, 0) is 10.0 Å². The van der Waals surface area contributed by atoms with E-state index in [9.17, 15) is 18.0 Å². The van der Waals surface area contributed by atoms with Gasteiger partial charge in [-0.05, 0) is 73.4 Å². The first kappa shape index (κ1) is 23.7. The molecule has 2 N–H and O–H groups in total. The minimum Gasteiger partial charge on any atom is -0.322 e. The number of nitrogens with zero attached hydrogens (tertiary/aromatic N) is 1. The molecule has 0 saturated carbocycles. The third-order valence-electron chi connectivity index (χ3n) is 5.79. The van der Waals surface area contributed by atoms with Crippen molar-refractivity contribution in [3.05, 3.63) is 90.0 Å². The summed E-state index contributed by atoms with van der Waals surface area (Å²) < 4.78 is 27.4. The molecule has 0 spiro atoms. The van der Waals surface area contributed by atoms with Crippen molar-refractivity contribution in [1.82, 2.24) is 4.31 Å². The Balaban J connectivity index is 1.42. The van der Waals surface area contributed by atoms with Crippen molar-refractivity contribution in [2.75, 3.05) is 23.7 Å². The van der Waals surface area contributed by atoms with Crippen molar-refractivity contribution in [2.24, 2.45) is 5.92 Å². The monoisotopic (exact) mass is 477 g/mol. The molecule has 8 heteroatoms. The molecule has 1 heterocycles. The second-order valence-electron chi connectivity index (χ2n) is 8.49.